The van der Waals surface area contributed by atoms with Crippen molar-refractivity contribution in [3.63, 3.8) is 0 Å². The standard InChI is InChI=1S/C28H24ClN3O5/c29-19-8-10-20(11-9-19)36-22-5-3-4-21(14-22)35-13-12-18-16-32(17-18)28(34)37-25-15-31-26(27(30)33)24-7-2-1-6-23(24)25/h1-11,14-15,18H,12-13,16-17H2,(H2,30,33). The number of pyridine rings is 1. The number of hydrogen-bond donors (Lipinski definition) is 1. The van der Waals surface area contributed by atoms with Crippen molar-refractivity contribution >= 4 is 34.4 Å². The van der Waals surface area contributed by atoms with Gasteiger partial charge in [0.2, 0.25) is 0 Å². The summed E-state index contributed by atoms with van der Waals surface area (Å²) in [5.74, 6) is 2.04. The third-order valence-electron chi connectivity index (χ3n) is 6.05. The summed E-state index contributed by atoms with van der Waals surface area (Å²) in [4.78, 5) is 30.0. The fraction of sp³-hybridized carbons (Fsp3) is 0.179. The zero-order chi connectivity index (χ0) is 25.8. The molecule has 9 heteroatoms. The summed E-state index contributed by atoms with van der Waals surface area (Å²) in [7, 11) is 0. The molecule has 0 saturated carbocycles. The van der Waals surface area contributed by atoms with E-state index < -0.39 is 12.0 Å². The summed E-state index contributed by atoms with van der Waals surface area (Å²) >= 11 is 5.92. The minimum atomic E-state index is -0.636. The number of hydrogen-bond acceptors (Lipinski definition) is 6. The van der Waals surface area contributed by atoms with E-state index in [4.69, 9.17) is 31.5 Å². The Morgan fingerprint density at radius 2 is 1.68 bits per heavy atom. The second kappa shape index (κ2) is 10.8. The van der Waals surface area contributed by atoms with Crippen LogP contribution in [0.25, 0.3) is 10.8 Å². The van der Waals surface area contributed by atoms with Gasteiger partial charge in [0.1, 0.15) is 22.9 Å². The number of primary amides is 1. The lowest BCUT2D eigenvalue weighted by Crippen LogP contribution is -2.51. The molecule has 0 spiro atoms. The third-order valence-corrected chi connectivity index (χ3v) is 6.31. The number of halogens is 1. The van der Waals surface area contributed by atoms with E-state index in [0.29, 0.717) is 58.7 Å². The molecule has 0 aliphatic carbocycles. The molecule has 1 aliphatic rings. The van der Waals surface area contributed by atoms with Crippen LogP contribution in [0.15, 0.2) is 79.0 Å². The van der Waals surface area contributed by atoms with Crippen LogP contribution in [0.2, 0.25) is 5.02 Å². The maximum absolute atomic E-state index is 12.6. The number of amides is 2. The number of carbonyl (C=O) groups excluding carboxylic acids is 2. The molecule has 4 aromatic rings. The van der Waals surface area contributed by atoms with Crippen molar-refractivity contribution in [2.45, 2.75) is 6.42 Å². The van der Waals surface area contributed by atoms with Gasteiger partial charge in [-0.3, -0.25) is 4.79 Å². The molecule has 1 aromatic heterocycles. The second-order valence-corrected chi connectivity index (χ2v) is 9.12. The van der Waals surface area contributed by atoms with Gasteiger partial charge < -0.3 is 24.8 Å². The molecule has 0 atom stereocenters. The van der Waals surface area contributed by atoms with Crippen LogP contribution >= 0.6 is 11.6 Å². The van der Waals surface area contributed by atoms with Crippen molar-refractivity contribution in [3.8, 4) is 23.0 Å². The highest BCUT2D eigenvalue weighted by Crippen LogP contribution is 2.29. The van der Waals surface area contributed by atoms with Gasteiger partial charge in [0.05, 0.1) is 12.8 Å². The molecule has 37 heavy (non-hydrogen) atoms. The van der Waals surface area contributed by atoms with E-state index in [1.807, 2.05) is 24.3 Å². The van der Waals surface area contributed by atoms with Crippen molar-refractivity contribution in [1.29, 1.82) is 0 Å². The minimum absolute atomic E-state index is 0.140. The summed E-state index contributed by atoms with van der Waals surface area (Å²) < 4.78 is 17.3. The number of aromatic nitrogens is 1. The largest absolute Gasteiger partial charge is 0.493 e. The van der Waals surface area contributed by atoms with Crippen LogP contribution in [-0.4, -0.2) is 41.6 Å². The molecule has 2 N–H and O–H groups in total. The van der Waals surface area contributed by atoms with Gasteiger partial charge in [0.15, 0.2) is 5.75 Å². The molecule has 2 amide bonds. The number of rotatable bonds is 8. The van der Waals surface area contributed by atoms with Crippen LogP contribution in [0, 0.1) is 5.92 Å². The zero-order valence-corrected chi connectivity index (χ0v) is 20.6. The Kier molecular flexibility index (Phi) is 7.09. The Hall–Kier alpha value is -4.30. The van der Waals surface area contributed by atoms with Gasteiger partial charge in [0.25, 0.3) is 5.91 Å². The van der Waals surface area contributed by atoms with Gasteiger partial charge in [-0.25, -0.2) is 9.78 Å². The molecular formula is C28H24ClN3O5. The van der Waals surface area contributed by atoms with E-state index in [2.05, 4.69) is 4.98 Å². The van der Waals surface area contributed by atoms with Crippen molar-refractivity contribution < 1.29 is 23.8 Å². The maximum Gasteiger partial charge on any atom is 0.415 e. The first kappa shape index (κ1) is 24.4. The topological polar surface area (TPSA) is 104 Å². The van der Waals surface area contributed by atoms with Gasteiger partial charge in [-0.15, -0.1) is 0 Å². The number of ether oxygens (including phenoxy) is 3. The number of likely N-dealkylation sites (tertiary alicyclic amines) is 1. The monoisotopic (exact) mass is 517 g/mol. The lowest BCUT2D eigenvalue weighted by Gasteiger charge is -2.38. The molecule has 8 nitrogen and oxygen atoms in total. The molecule has 1 aliphatic heterocycles. The van der Waals surface area contributed by atoms with Crippen molar-refractivity contribution in [2.75, 3.05) is 19.7 Å². The zero-order valence-electron chi connectivity index (χ0n) is 19.8. The molecule has 5 rings (SSSR count). The third kappa shape index (κ3) is 5.76. The van der Waals surface area contributed by atoms with Crippen LogP contribution in [-0.2, 0) is 0 Å². The molecule has 1 fully saturated rings. The molecule has 2 heterocycles. The minimum Gasteiger partial charge on any atom is -0.493 e. The highest BCUT2D eigenvalue weighted by molar-refractivity contribution is 6.30. The first-order valence-corrected chi connectivity index (χ1v) is 12.1. The fourth-order valence-corrected chi connectivity index (χ4v) is 4.24. The summed E-state index contributed by atoms with van der Waals surface area (Å²) in [6.45, 7) is 1.67. The van der Waals surface area contributed by atoms with Crippen LogP contribution in [0.5, 0.6) is 23.0 Å². The molecule has 188 valence electrons. The van der Waals surface area contributed by atoms with E-state index in [0.717, 1.165) is 6.42 Å². The van der Waals surface area contributed by atoms with Gasteiger partial charge in [-0.2, -0.15) is 0 Å². The van der Waals surface area contributed by atoms with Crippen molar-refractivity contribution in [3.05, 3.63) is 89.7 Å². The Balaban J connectivity index is 1.09. The van der Waals surface area contributed by atoms with E-state index in [9.17, 15) is 9.59 Å². The van der Waals surface area contributed by atoms with Gasteiger partial charge >= 0.3 is 6.09 Å². The SMILES string of the molecule is NC(=O)c1ncc(OC(=O)N2CC(CCOc3cccc(Oc4ccc(Cl)cc4)c3)C2)c2ccccc12. The highest BCUT2D eigenvalue weighted by Gasteiger charge is 2.32. The van der Waals surface area contributed by atoms with Gasteiger partial charge in [-0.05, 0) is 48.7 Å². The number of benzene rings is 3. The second-order valence-electron chi connectivity index (χ2n) is 8.69. The maximum atomic E-state index is 12.6. The predicted molar refractivity (Wildman–Crippen MR) is 139 cm³/mol. The summed E-state index contributed by atoms with van der Waals surface area (Å²) in [6.07, 6.45) is 1.70. The van der Waals surface area contributed by atoms with E-state index >= 15 is 0 Å². The summed E-state index contributed by atoms with van der Waals surface area (Å²) in [5.41, 5.74) is 5.55. The first-order chi connectivity index (χ1) is 18.0. The quantitative estimate of drug-likeness (QED) is 0.322. The van der Waals surface area contributed by atoms with Crippen LogP contribution < -0.4 is 19.9 Å². The lowest BCUT2D eigenvalue weighted by atomic mass is 9.97. The summed E-state index contributed by atoms with van der Waals surface area (Å²) in [6, 6.07) is 21.6. The normalized spacial score (nSPS) is 13.2. The number of nitrogens with two attached hydrogens (primary N) is 1. The number of nitrogens with zero attached hydrogens (tertiary/aromatic N) is 2. The number of carbonyl (C=O) groups is 2. The predicted octanol–water partition coefficient (Wildman–Crippen LogP) is 5.68. The van der Waals surface area contributed by atoms with Gasteiger partial charge in [-0.1, -0.05) is 41.9 Å². The van der Waals surface area contributed by atoms with Crippen molar-refractivity contribution in [2.24, 2.45) is 11.7 Å². The number of fused-ring (bicyclic) bond motifs is 1. The molecule has 0 bridgehead atoms. The smallest absolute Gasteiger partial charge is 0.415 e. The molecule has 1 saturated heterocycles. The molecule has 3 aromatic carbocycles. The van der Waals surface area contributed by atoms with Crippen molar-refractivity contribution in [1.82, 2.24) is 9.88 Å². The Morgan fingerprint density at radius 1 is 0.946 bits per heavy atom. The Bertz CT molecular complexity index is 1440. The van der Waals surface area contributed by atoms with Crippen LogP contribution in [0.3, 0.4) is 0 Å². The van der Waals surface area contributed by atoms with E-state index in [1.54, 1.807) is 53.4 Å². The molecular weight excluding hydrogens is 494 g/mol. The highest BCUT2D eigenvalue weighted by atomic mass is 35.5. The average molecular weight is 518 g/mol. The van der Waals surface area contributed by atoms with Crippen LogP contribution in [0.4, 0.5) is 4.79 Å². The first-order valence-electron chi connectivity index (χ1n) is 11.8. The van der Waals surface area contributed by atoms with E-state index in [-0.39, 0.29) is 11.4 Å². The summed E-state index contributed by atoms with van der Waals surface area (Å²) in [5, 5.41) is 1.80. The molecule has 0 unspecified atom stereocenters. The fourth-order valence-electron chi connectivity index (χ4n) is 4.11. The van der Waals surface area contributed by atoms with Crippen LogP contribution in [0.1, 0.15) is 16.9 Å². The molecule has 0 radical (unpaired) electrons. The lowest BCUT2D eigenvalue weighted by molar-refractivity contribution is 0.0768. The Morgan fingerprint density at radius 3 is 2.43 bits per heavy atom. The Labute approximate surface area is 218 Å². The van der Waals surface area contributed by atoms with Gasteiger partial charge in [0, 0.05) is 35.0 Å². The average Bonchev–Trinajstić information content (AvgIpc) is 2.87. The van der Waals surface area contributed by atoms with E-state index in [1.165, 1.54) is 6.20 Å².